The molecule has 0 saturated carbocycles. The van der Waals surface area contributed by atoms with Gasteiger partial charge in [0.1, 0.15) is 0 Å². The predicted molar refractivity (Wildman–Crippen MR) is 122 cm³/mol. The van der Waals surface area contributed by atoms with Crippen LogP contribution in [0.5, 0.6) is 0 Å². The quantitative estimate of drug-likeness (QED) is 0.279. The molecule has 0 atom stereocenters. The molecule has 1 aromatic carbocycles. The third kappa shape index (κ3) is 10.9. The summed E-state index contributed by atoms with van der Waals surface area (Å²) in [7, 11) is 1.73. The van der Waals surface area contributed by atoms with Crippen LogP contribution >= 0.6 is 35.6 Å². The number of hydrogen-bond donors (Lipinski definition) is 3. The van der Waals surface area contributed by atoms with Crippen molar-refractivity contribution in [2.45, 2.75) is 40.0 Å². The van der Waals surface area contributed by atoms with Gasteiger partial charge in [0.2, 0.25) is 5.91 Å². The van der Waals surface area contributed by atoms with Crippen molar-refractivity contribution >= 4 is 47.4 Å². The van der Waals surface area contributed by atoms with Crippen molar-refractivity contribution in [3.63, 3.8) is 0 Å². The lowest BCUT2D eigenvalue weighted by molar-refractivity contribution is -0.120. The summed E-state index contributed by atoms with van der Waals surface area (Å²) in [6.45, 7) is 8.49. The fourth-order valence-electron chi connectivity index (χ4n) is 2.45. The van der Waals surface area contributed by atoms with Crippen LogP contribution in [0.1, 0.15) is 39.2 Å². The summed E-state index contributed by atoms with van der Waals surface area (Å²) in [6.07, 6.45) is 2.30. The second-order valence-corrected chi connectivity index (χ2v) is 7.36. The Kier molecular flexibility index (Phi) is 12.7. The molecule has 5 nitrogen and oxygen atoms in total. The van der Waals surface area contributed by atoms with E-state index in [-0.39, 0.29) is 35.3 Å². The molecule has 26 heavy (non-hydrogen) atoms. The van der Waals surface area contributed by atoms with Gasteiger partial charge in [-0.3, -0.25) is 9.79 Å². The molecule has 1 aromatic rings. The zero-order valence-electron chi connectivity index (χ0n) is 16.2. The summed E-state index contributed by atoms with van der Waals surface area (Å²) < 4.78 is 0. The predicted octanol–water partition coefficient (Wildman–Crippen LogP) is 3.61. The Balaban J connectivity index is 0.00000625. The van der Waals surface area contributed by atoms with Crippen LogP contribution in [0.2, 0.25) is 5.02 Å². The van der Waals surface area contributed by atoms with Crippen LogP contribution in [0.3, 0.4) is 0 Å². The van der Waals surface area contributed by atoms with Crippen molar-refractivity contribution in [3.8, 4) is 0 Å². The number of hydrogen-bond acceptors (Lipinski definition) is 2. The van der Waals surface area contributed by atoms with Gasteiger partial charge < -0.3 is 16.0 Å². The average molecular weight is 495 g/mol. The number of nitrogens with zero attached hydrogens (tertiary/aromatic N) is 1. The minimum atomic E-state index is 0. The van der Waals surface area contributed by atoms with Gasteiger partial charge in [-0.25, -0.2) is 0 Å². The van der Waals surface area contributed by atoms with E-state index in [9.17, 15) is 4.79 Å². The highest BCUT2D eigenvalue weighted by Crippen LogP contribution is 2.22. The topological polar surface area (TPSA) is 65.5 Å². The standard InChI is InChI=1S/C19H31ClN4O.HI/c1-5-10-22-17(25)9-11-23-18(21-4)24-14-19(2,3)13-15-7-6-8-16(20)12-15;/h6-8,12H,5,9-11,13-14H2,1-4H3,(H,22,25)(H2,21,23,24);1H. The third-order valence-electron chi connectivity index (χ3n) is 3.75. The van der Waals surface area contributed by atoms with Gasteiger partial charge in [0.05, 0.1) is 0 Å². The fourth-order valence-corrected chi connectivity index (χ4v) is 2.67. The minimum absolute atomic E-state index is 0. The van der Waals surface area contributed by atoms with Crippen molar-refractivity contribution < 1.29 is 4.79 Å². The number of nitrogens with one attached hydrogen (secondary N) is 3. The van der Waals surface area contributed by atoms with Crippen LogP contribution in [0, 0.1) is 5.41 Å². The van der Waals surface area contributed by atoms with Gasteiger partial charge in [0.25, 0.3) is 0 Å². The summed E-state index contributed by atoms with van der Waals surface area (Å²) in [4.78, 5) is 15.8. The number of carbonyl (C=O) groups is 1. The van der Waals surface area contributed by atoms with Crippen molar-refractivity contribution in [2.75, 3.05) is 26.7 Å². The average Bonchev–Trinajstić information content (AvgIpc) is 2.55. The second-order valence-electron chi connectivity index (χ2n) is 6.92. The molecule has 1 rings (SSSR count). The molecule has 0 radical (unpaired) electrons. The normalized spacial score (nSPS) is 11.5. The van der Waals surface area contributed by atoms with Crippen LogP contribution in [0.15, 0.2) is 29.3 Å². The summed E-state index contributed by atoms with van der Waals surface area (Å²) >= 11 is 6.06. The molecule has 0 aromatic heterocycles. The third-order valence-corrected chi connectivity index (χ3v) is 3.98. The van der Waals surface area contributed by atoms with Crippen molar-refractivity contribution in [1.82, 2.24) is 16.0 Å². The molecule has 0 aliphatic rings. The van der Waals surface area contributed by atoms with E-state index >= 15 is 0 Å². The highest BCUT2D eigenvalue weighted by molar-refractivity contribution is 14.0. The molecule has 0 aliphatic carbocycles. The smallest absolute Gasteiger partial charge is 0.221 e. The van der Waals surface area contributed by atoms with Gasteiger partial charge in [0, 0.05) is 38.1 Å². The van der Waals surface area contributed by atoms with Crippen LogP contribution < -0.4 is 16.0 Å². The van der Waals surface area contributed by atoms with E-state index in [4.69, 9.17) is 11.6 Å². The van der Waals surface area contributed by atoms with E-state index in [0.29, 0.717) is 18.9 Å². The van der Waals surface area contributed by atoms with E-state index < -0.39 is 0 Å². The number of rotatable bonds is 9. The number of guanidine groups is 1. The van der Waals surface area contributed by atoms with Crippen LogP contribution in [-0.4, -0.2) is 38.5 Å². The lowest BCUT2D eigenvalue weighted by atomic mass is 9.86. The summed E-state index contributed by atoms with van der Waals surface area (Å²) in [5.41, 5.74) is 1.26. The van der Waals surface area contributed by atoms with E-state index in [2.05, 4.69) is 40.9 Å². The number of aliphatic imine (C=N–C) groups is 1. The maximum absolute atomic E-state index is 11.6. The molecule has 1 amide bonds. The highest BCUT2D eigenvalue weighted by atomic mass is 127. The number of halogens is 2. The van der Waals surface area contributed by atoms with Gasteiger partial charge >= 0.3 is 0 Å². The molecule has 3 N–H and O–H groups in total. The Morgan fingerprint density at radius 3 is 2.54 bits per heavy atom. The first-order valence-electron chi connectivity index (χ1n) is 8.82. The molecule has 0 unspecified atom stereocenters. The Hall–Kier alpha value is -1.02. The highest BCUT2D eigenvalue weighted by Gasteiger charge is 2.19. The maximum atomic E-state index is 11.6. The van der Waals surface area contributed by atoms with Crippen LogP contribution in [-0.2, 0) is 11.2 Å². The number of carbonyl (C=O) groups excluding carboxylic acids is 1. The molecule has 0 saturated heterocycles. The molecule has 0 aliphatic heterocycles. The van der Waals surface area contributed by atoms with Crippen LogP contribution in [0.4, 0.5) is 0 Å². The molecular weight excluding hydrogens is 463 g/mol. The summed E-state index contributed by atoms with van der Waals surface area (Å²) in [5, 5.41) is 10.1. The van der Waals surface area contributed by atoms with Crippen molar-refractivity contribution in [3.05, 3.63) is 34.9 Å². The molecule has 0 bridgehead atoms. The zero-order valence-corrected chi connectivity index (χ0v) is 19.3. The van der Waals surface area contributed by atoms with Crippen LogP contribution in [0.25, 0.3) is 0 Å². The zero-order chi connectivity index (χ0) is 18.7. The first-order chi connectivity index (χ1) is 11.9. The Morgan fingerprint density at radius 1 is 1.19 bits per heavy atom. The van der Waals surface area contributed by atoms with E-state index in [1.165, 1.54) is 5.56 Å². The Bertz CT molecular complexity index is 578. The van der Waals surface area contributed by atoms with Gasteiger partial charge in [0.15, 0.2) is 5.96 Å². The monoisotopic (exact) mass is 494 g/mol. The molecule has 0 heterocycles. The van der Waals surface area contributed by atoms with Gasteiger partial charge in [-0.2, -0.15) is 0 Å². The van der Waals surface area contributed by atoms with Gasteiger partial charge in [-0.05, 0) is 36.0 Å². The maximum Gasteiger partial charge on any atom is 0.221 e. The lowest BCUT2D eigenvalue weighted by Crippen LogP contribution is -2.43. The van der Waals surface area contributed by atoms with Gasteiger partial charge in [-0.15, -0.1) is 24.0 Å². The molecular formula is C19H32ClIN4O. The number of amides is 1. The fraction of sp³-hybridized carbons (Fsp3) is 0.579. The van der Waals surface area contributed by atoms with E-state index in [1.807, 2.05) is 25.1 Å². The first-order valence-corrected chi connectivity index (χ1v) is 9.20. The number of benzene rings is 1. The largest absolute Gasteiger partial charge is 0.356 e. The molecule has 148 valence electrons. The van der Waals surface area contributed by atoms with E-state index in [0.717, 1.165) is 31.0 Å². The van der Waals surface area contributed by atoms with Crippen molar-refractivity contribution in [2.24, 2.45) is 10.4 Å². The first kappa shape index (κ1) is 25.0. The summed E-state index contributed by atoms with van der Waals surface area (Å²) in [5.74, 6) is 0.772. The Morgan fingerprint density at radius 2 is 1.92 bits per heavy atom. The second kappa shape index (κ2) is 13.2. The van der Waals surface area contributed by atoms with Gasteiger partial charge in [-0.1, -0.05) is 44.5 Å². The van der Waals surface area contributed by atoms with E-state index in [1.54, 1.807) is 7.05 Å². The minimum Gasteiger partial charge on any atom is -0.356 e. The molecule has 0 spiro atoms. The molecule has 0 fully saturated rings. The lowest BCUT2D eigenvalue weighted by Gasteiger charge is -2.26. The summed E-state index contributed by atoms with van der Waals surface area (Å²) in [6, 6.07) is 7.96. The van der Waals surface area contributed by atoms with Crippen molar-refractivity contribution in [1.29, 1.82) is 0 Å². The molecule has 7 heteroatoms. The SMILES string of the molecule is CCCNC(=O)CCNC(=NC)NCC(C)(C)Cc1cccc(Cl)c1.I. The Labute approximate surface area is 179 Å².